The molecule has 1 heterocycles. The topological polar surface area (TPSA) is 90.3 Å². The van der Waals surface area contributed by atoms with Crippen LogP contribution in [-0.2, 0) is 14.8 Å². The summed E-state index contributed by atoms with van der Waals surface area (Å²) in [4.78, 5) is 12.6. The van der Waals surface area contributed by atoms with Crippen LogP contribution in [-0.4, -0.2) is 37.5 Å². The molecule has 1 saturated heterocycles. The first-order valence-corrected chi connectivity index (χ1v) is 10.3. The summed E-state index contributed by atoms with van der Waals surface area (Å²) in [6.45, 7) is 4.48. The highest BCUT2D eigenvalue weighted by Gasteiger charge is 2.32. The molecule has 0 spiro atoms. The Balaban J connectivity index is 1.98. The zero-order valence-electron chi connectivity index (χ0n) is 14.7. The normalized spacial score (nSPS) is 19.8. The smallest absolute Gasteiger partial charge is 0.224 e. The zero-order valence-corrected chi connectivity index (χ0v) is 15.6. The van der Waals surface area contributed by atoms with Crippen molar-refractivity contribution in [1.29, 1.82) is 5.26 Å². The molecule has 7 heteroatoms. The highest BCUT2D eigenvalue weighted by Crippen LogP contribution is 2.21. The summed E-state index contributed by atoms with van der Waals surface area (Å²) in [6, 6.07) is 8.96. The number of hydrogen-bond donors (Lipinski definition) is 1. The predicted octanol–water partition coefficient (Wildman–Crippen LogP) is 2.19. The van der Waals surface area contributed by atoms with Gasteiger partial charge in [-0.25, -0.2) is 12.7 Å². The van der Waals surface area contributed by atoms with Gasteiger partial charge < -0.3 is 5.32 Å². The number of sulfonamides is 1. The Morgan fingerprint density at radius 1 is 1.40 bits per heavy atom. The Hall–Kier alpha value is -1.91. The van der Waals surface area contributed by atoms with E-state index in [-0.39, 0.29) is 30.2 Å². The van der Waals surface area contributed by atoms with Crippen molar-refractivity contribution in [3.63, 3.8) is 0 Å². The van der Waals surface area contributed by atoms with Gasteiger partial charge >= 0.3 is 0 Å². The molecule has 0 aliphatic carbocycles. The second kappa shape index (κ2) is 8.45. The molecule has 1 aliphatic rings. The molecule has 1 amide bonds. The van der Waals surface area contributed by atoms with Gasteiger partial charge in [-0.15, -0.1) is 0 Å². The van der Waals surface area contributed by atoms with Crippen LogP contribution in [0.1, 0.15) is 50.3 Å². The standard InChI is InChI=1S/C18H25N3O3S/c1-3-11-25(23,24)21-10-4-5-17(13-21)18(22)20-14(2)16-8-6-15(12-19)7-9-16/h6-9,14,17H,3-5,10-11,13H2,1-2H3,(H,20,22)/t14-,17+/m0/s1. The molecule has 1 N–H and O–H groups in total. The Morgan fingerprint density at radius 2 is 2.08 bits per heavy atom. The van der Waals surface area contributed by atoms with Gasteiger partial charge in [-0.2, -0.15) is 5.26 Å². The molecule has 1 aliphatic heterocycles. The number of nitriles is 1. The molecule has 2 rings (SSSR count). The second-order valence-electron chi connectivity index (χ2n) is 6.48. The van der Waals surface area contributed by atoms with Crippen LogP contribution in [0.5, 0.6) is 0 Å². The molecule has 0 aromatic heterocycles. The van der Waals surface area contributed by atoms with Gasteiger partial charge in [-0.1, -0.05) is 19.1 Å². The quantitative estimate of drug-likeness (QED) is 0.839. The van der Waals surface area contributed by atoms with Crippen LogP contribution in [0.25, 0.3) is 0 Å². The number of hydrogen-bond acceptors (Lipinski definition) is 4. The predicted molar refractivity (Wildman–Crippen MR) is 96.1 cm³/mol. The largest absolute Gasteiger partial charge is 0.349 e. The van der Waals surface area contributed by atoms with Crippen molar-refractivity contribution in [1.82, 2.24) is 9.62 Å². The van der Waals surface area contributed by atoms with Crippen LogP contribution in [0.2, 0.25) is 0 Å². The zero-order chi connectivity index (χ0) is 18.4. The average molecular weight is 363 g/mol. The molecule has 0 unspecified atom stereocenters. The number of carbonyl (C=O) groups is 1. The SMILES string of the molecule is CCCS(=O)(=O)N1CCC[C@@H](C(=O)N[C@@H](C)c2ccc(C#N)cc2)C1. The molecule has 0 radical (unpaired) electrons. The molecule has 25 heavy (non-hydrogen) atoms. The maximum atomic E-state index is 12.6. The molecule has 2 atom stereocenters. The van der Waals surface area contributed by atoms with E-state index in [4.69, 9.17) is 5.26 Å². The van der Waals surface area contributed by atoms with E-state index < -0.39 is 10.0 Å². The van der Waals surface area contributed by atoms with Crippen molar-refractivity contribution in [2.45, 2.75) is 39.2 Å². The van der Waals surface area contributed by atoms with Gasteiger partial charge in [0.2, 0.25) is 15.9 Å². The summed E-state index contributed by atoms with van der Waals surface area (Å²) in [5.41, 5.74) is 1.49. The van der Waals surface area contributed by atoms with Gasteiger partial charge in [0.15, 0.2) is 0 Å². The van der Waals surface area contributed by atoms with Gasteiger partial charge in [0, 0.05) is 13.1 Å². The lowest BCUT2D eigenvalue weighted by molar-refractivity contribution is -0.126. The minimum absolute atomic E-state index is 0.117. The lowest BCUT2D eigenvalue weighted by Gasteiger charge is -2.31. The van der Waals surface area contributed by atoms with Crippen molar-refractivity contribution in [2.75, 3.05) is 18.8 Å². The first kappa shape index (κ1) is 19.4. The first-order valence-electron chi connectivity index (χ1n) is 8.65. The van der Waals surface area contributed by atoms with E-state index in [1.807, 2.05) is 26.0 Å². The number of carbonyl (C=O) groups excluding carboxylic acids is 1. The number of nitrogens with one attached hydrogen (secondary N) is 1. The van der Waals surface area contributed by atoms with E-state index >= 15 is 0 Å². The number of amides is 1. The van der Waals surface area contributed by atoms with Crippen molar-refractivity contribution in [2.24, 2.45) is 5.92 Å². The third-order valence-corrected chi connectivity index (χ3v) is 6.55. The third kappa shape index (κ3) is 5.03. The van der Waals surface area contributed by atoms with Crippen molar-refractivity contribution >= 4 is 15.9 Å². The lowest BCUT2D eigenvalue weighted by atomic mass is 9.97. The van der Waals surface area contributed by atoms with Crippen LogP contribution in [0.3, 0.4) is 0 Å². The van der Waals surface area contributed by atoms with E-state index in [0.29, 0.717) is 31.4 Å². The monoisotopic (exact) mass is 363 g/mol. The molecule has 0 bridgehead atoms. The molecular weight excluding hydrogens is 338 g/mol. The summed E-state index contributed by atoms with van der Waals surface area (Å²) in [5, 5.41) is 11.8. The number of rotatable bonds is 6. The third-order valence-electron chi connectivity index (χ3n) is 4.51. The summed E-state index contributed by atoms with van der Waals surface area (Å²) in [7, 11) is -3.27. The Bertz CT molecular complexity index is 738. The highest BCUT2D eigenvalue weighted by atomic mass is 32.2. The molecular formula is C18H25N3O3S. The van der Waals surface area contributed by atoms with E-state index in [1.165, 1.54) is 4.31 Å². The fourth-order valence-corrected chi connectivity index (χ4v) is 4.65. The minimum atomic E-state index is -3.27. The Kier molecular flexibility index (Phi) is 6.57. The molecule has 1 aromatic rings. The van der Waals surface area contributed by atoms with Crippen LogP contribution in [0, 0.1) is 17.2 Å². The van der Waals surface area contributed by atoms with Crippen LogP contribution < -0.4 is 5.32 Å². The van der Waals surface area contributed by atoms with E-state index in [9.17, 15) is 13.2 Å². The highest BCUT2D eigenvalue weighted by molar-refractivity contribution is 7.89. The first-order chi connectivity index (χ1) is 11.9. The Labute approximate surface area is 149 Å². The van der Waals surface area contributed by atoms with E-state index in [1.54, 1.807) is 12.1 Å². The summed E-state index contributed by atoms with van der Waals surface area (Å²) in [5.74, 6) is -0.308. The summed E-state index contributed by atoms with van der Waals surface area (Å²) in [6.07, 6.45) is 1.97. The fourth-order valence-electron chi connectivity index (χ4n) is 3.06. The van der Waals surface area contributed by atoms with Gasteiger partial charge in [0.1, 0.15) is 0 Å². The van der Waals surface area contributed by atoms with Crippen molar-refractivity contribution in [3.05, 3.63) is 35.4 Å². The second-order valence-corrected chi connectivity index (χ2v) is 8.57. The van der Waals surface area contributed by atoms with Gasteiger partial charge in [-0.05, 0) is 43.9 Å². The Morgan fingerprint density at radius 3 is 2.68 bits per heavy atom. The van der Waals surface area contributed by atoms with Crippen molar-refractivity contribution in [3.8, 4) is 6.07 Å². The molecule has 1 fully saturated rings. The molecule has 6 nitrogen and oxygen atoms in total. The van der Waals surface area contributed by atoms with Gasteiger partial charge in [0.25, 0.3) is 0 Å². The molecule has 0 saturated carbocycles. The minimum Gasteiger partial charge on any atom is -0.349 e. The maximum Gasteiger partial charge on any atom is 0.224 e. The van der Waals surface area contributed by atoms with Gasteiger partial charge in [-0.3, -0.25) is 4.79 Å². The van der Waals surface area contributed by atoms with Crippen LogP contribution >= 0.6 is 0 Å². The summed E-state index contributed by atoms with van der Waals surface area (Å²) < 4.78 is 25.9. The van der Waals surface area contributed by atoms with Gasteiger partial charge in [0.05, 0.1) is 29.3 Å². The number of benzene rings is 1. The number of piperidine rings is 1. The summed E-state index contributed by atoms with van der Waals surface area (Å²) >= 11 is 0. The van der Waals surface area contributed by atoms with E-state index in [0.717, 1.165) is 5.56 Å². The molecule has 1 aromatic carbocycles. The molecule has 136 valence electrons. The lowest BCUT2D eigenvalue weighted by Crippen LogP contribution is -2.46. The van der Waals surface area contributed by atoms with Crippen molar-refractivity contribution < 1.29 is 13.2 Å². The van der Waals surface area contributed by atoms with Crippen LogP contribution in [0.4, 0.5) is 0 Å². The maximum absolute atomic E-state index is 12.6. The van der Waals surface area contributed by atoms with Crippen LogP contribution in [0.15, 0.2) is 24.3 Å². The number of nitrogens with zero attached hydrogens (tertiary/aromatic N) is 2. The fraction of sp³-hybridized carbons (Fsp3) is 0.556. The van der Waals surface area contributed by atoms with E-state index in [2.05, 4.69) is 11.4 Å². The average Bonchev–Trinajstić information content (AvgIpc) is 2.61.